The minimum Gasteiger partial charge on any atom is -0.454 e. The number of esters is 1. The summed E-state index contributed by atoms with van der Waals surface area (Å²) in [5, 5.41) is 11.4. The Morgan fingerprint density at radius 2 is 1.76 bits per heavy atom. The number of ketones is 1. The van der Waals surface area contributed by atoms with Crippen LogP contribution < -0.4 is 9.47 Å². The summed E-state index contributed by atoms with van der Waals surface area (Å²) < 4.78 is 17.5. The van der Waals surface area contributed by atoms with E-state index in [9.17, 15) is 19.7 Å². The number of carbonyl (C=O) groups is 2. The molecule has 9 heteroatoms. The van der Waals surface area contributed by atoms with E-state index in [0.717, 1.165) is 23.9 Å². The molecule has 0 fully saturated rings. The summed E-state index contributed by atoms with van der Waals surface area (Å²) in [4.78, 5) is 36.0. The van der Waals surface area contributed by atoms with Gasteiger partial charge in [0.15, 0.2) is 18.1 Å². The Hall–Kier alpha value is -4.14. The average Bonchev–Trinajstić information content (AvgIpc) is 3.39. The van der Waals surface area contributed by atoms with Crippen molar-refractivity contribution in [1.82, 2.24) is 4.57 Å². The van der Waals surface area contributed by atoms with Crippen molar-refractivity contribution in [3.05, 3.63) is 86.7 Å². The summed E-state index contributed by atoms with van der Waals surface area (Å²) in [5.41, 5.74) is 2.56. The van der Waals surface area contributed by atoms with Crippen LogP contribution in [0.3, 0.4) is 0 Å². The van der Waals surface area contributed by atoms with E-state index >= 15 is 0 Å². The number of nitrogens with zero attached hydrogens (tertiary/aromatic N) is 2. The minimum atomic E-state index is -0.980. The molecule has 1 aliphatic rings. The number of rotatable bonds is 8. The van der Waals surface area contributed by atoms with Crippen LogP contribution >= 0.6 is 0 Å². The highest BCUT2D eigenvalue weighted by Crippen LogP contribution is 2.38. The Labute approximate surface area is 189 Å². The number of aromatic nitrogens is 1. The van der Waals surface area contributed by atoms with Crippen LogP contribution in [-0.4, -0.2) is 34.6 Å². The largest absolute Gasteiger partial charge is 0.454 e. The Balaban J connectivity index is 1.45. The fraction of sp³-hybridized carbons (Fsp3) is 0.250. The van der Waals surface area contributed by atoms with Gasteiger partial charge in [-0.05, 0) is 31.9 Å². The third-order valence-corrected chi connectivity index (χ3v) is 5.58. The molecule has 0 spiro atoms. The normalized spacial score (nSPS) is 11.9. The molecule has 0 amide bonds. The van der Waals surface area contributed by atoms with Gasteiger partial charge in [0.1, 0.15) is 5.56 Å². The van der Waals surface area contributed by atoms with Crippen molar-refractivity contribution in [2.45, 2.75) is 26.8 Å². The third kappa shape index (κ3) is 4.57. The number of benzene rings is 2. The fourth-order valence-corrected chi connectivity index (χ4v) is 3.85. The number of fused-ring (bicyclic) bond motifs is 1. The maximum Gasteiger partial charge on any atom is 0.345 e. The van der Waals surface area contributed by atoms with E-state index in [4.69, 9.17) is 14.2 Å². The molecule has 0 aliphatic carbocycles. The first-order valence-corrected chi connectivity index (χ1v) is 10.3. The summed E-state index contributed by atoms with van der Waals surface area (Å²) in [6.07, 6.45) is 0.813. The average molecular weight is 450 g/mol. The Bertz CT molecular complexity index is 1230. The van der Waals surface area contributed by atoms with Gasteiger partial charge in [-0.25, -0.2) is 4.79 Å². The number of nitro benzene ring substituents is 1. The SMILES string of the molecule is Cc1cc(C(=O)COC(=O)c2cc3c(cc2[N+](=O)[O-])OCO3)c(C)n1CCc1ccccc1. The van der Waals surface area contributed by atoms with Crippen LogP contribution in [0.4, 0.5) is 5.69 Å². The number of ether oxygens (including phenoxy) is 3. The second kappa shape index (κ2) is 9.15. The highest BCUT2D eigenvalue weighted by molar-refractivity contribution is 6.01. The molecule has 0 N–H and O–H groups in total. The fourth-order valence-electron chi connectivity index (χ4n) is 3.85. The van der Waals surface area contributed by atoms with Crippen molar-refractivity contribution in [2.24, 2.45) is 0 Å². The molecule has 0 atom stereocenters. The summed E-state index contributed by atoms with van der Waals surface area (Å²) in [6.45, 7) is 3.83. The van der Waals surface area contributed by atoms with Crippen LogP contribution in [0.5, 0.6) is 11.5 Å². The number of aryl methyl sites for hydroxylation is 2. The van der Waals surface area contributed by atoms with Gasteiger partial charge < -0.3 is 18.8 Å². The van der Waals surface area contributed by atoms with E-state index in [1.807, 2.05) is 36.6 Å². The lowest BCUT2D eigenvalue weighted by atomic mass is 10.1. The van der Waals surface area contributed by atoms with Gasteiger partial charge in [-0.1, -0.05) is 30.3 Å². The van der Waals surface area contributed by atoms with Crippen LogP contribution in [0.25, 0.3) is 0 Å². The van der Waals surface area contributed by atoms with E-state index in [-0.39, 0.29) is 29.6 Å². The van der Waals surface area contributed by atoms with Crippen LogP contribution in [-0.2, 0) is 17.7 Å². The number of carbonyl (C=O) groups excluding carboxylic acids is 2. The second-order valence-corrected chi connectivity index (χ2v) is 7.65. The van der Waals surface area contributed by atoms with Gasteiger partial charge in [0.2, 0.25) is 12.6 Å². The molecule has 1 aromatic heterocycles. The van der Waals surface area contributed by atoms with Gasteiger partial charge in [-0.15, -0.1) is 0 Å². The molecule has 0 radical (unpaired) electrons. The summed E-state index contributed by atoms with van der Waals surface area (Å²) in [7, 11) is 0. The van der Waals surface area contributed by atoms with E-state index in [0.29, 0.717) is 12.1 Å². The van der Waals surface area contributed by atoms with Gasteiger partial charge in [-0.3, -0.25) is 14.9 Å². The lowest BCUT2D eigenvalue weighted by Gasteiger charge is -2.10. The summed E-state index contributed by atoms with van der Waals surface area (Å²) in [6, 6.07) is 14.1. The van der Waals surface area contributed by atoms with Gasteiger partial charge in [-0.2, -0.15) is 0 Å². The zero-order chi connectivity index (χ0) is 23.5. The van der Waals surface area contributed by atoms with Crippen LogP contribution in [0.2, 0.25) is 0 Å². The molecule has 0 saturated carbocycles. The van der Waals surface area contributed by atoms with Crippen LogP contribution in [0.1, 0.15) is 37.7 Å². The zero-order valence-electron chi connectivity index (χ0n) is 18.2. The van der Waals surface area contributed by atoms with Crippen molar-refractivity contribution in [2.75, 3.05) is 13.4 Å². The molecule has 2 heterocycles. The Morgan fingerprint density at radius 1 is 1.06 bits per heavy atom. The minimum absolute atomic E-state index is 0.0939. The van der Waals surface area contributed by atoms with Crippen molar-refractivity contribution in [3.8, 4) is 11.5 Å². The molecular weight excluding hydrogens is 428 g/mol. The molecule has 1 aliphatic heterocycles. The number of nitro groups is 1. The molecule has 4 rings (SSSR count). The monoisotopic (exact) mass is 450 g/mol. The van der Waals surface area contributed by atoms with Crippen LogP contribution in [0.15, 0.2) is 48.5 Å². The third-order valence-electron chi connectivity index (χ3n) is 5.58. The molecule has 9 nitrogen and oxygen atoms in total. The molecule has 0 bridgehead atoms. The van der Waals surface area contributed by atoms with E-state index < -0.39 is 23.2 Å². The Morgan fingerprint density at radius 3 is 2.45 bits per heavy atom. The molecule has 2 aromatic carbocycles. The topological polar surface area (TPSA) is 110 Å². The second-order valence-electron chi connectivity index (χ2n) is 7.65. The molecule has 170 valence electrons. The first-order chi connectivity index (χ1) is 15.8. The van der Waals surface area contributed by atoms with Gasteiger partial charge >= 0.3 is 5.97 Å². The first-order valence-electron chi connectivity index (χ1n) is 10.3. The van der Waals surface area contributed by atoms with E-state index in [2.05, 4.69) is 12.1 Å². The summed E-state index contributed by atoms with van der Waals surface area (Å²) >= 11 is 0. The van der Waals surface area contributed by atoms with Gasteiger partial charge in [0.25, 0.3) is 5.69 Å². The van der Waals surface area contributed by atoms with Crippen molar-refractivity contribution in [3.63, 3.8) is 0 Å². The van der Waals surface area contributed by atoms with Crippen molar-refractivity contribution in [1.29, 1.82) is 0 Å². The van der Waals surface area contributed by atoms with Crippen LogP contribution in [0, 0.1) is 24.0 Å². The lowest BCUT2D eigenvalue weighted by molar-refractivity contribution is -0.385. The standard InChI is InChI=1S/C24H22N2O7/c1-15-10-18(16(2)25(15)9-8-17-6-4-3-5-7-17)21(27)13-31-24(28)19-11-22-23(33-14-32-22)12-20(19)26(29)30/h3-7,10-12H,8-9,13-14H2,1-2H3. The van der Waals surface area contributed by atoms with Gasteiger partial charge in [0.05, 0.1) is 11.0 Å². The molecule has 3 aromatic rings. The number of Topliss-reactive ketones (excluding diaryl/α,β-unsaturated/α-hetero) is 1. The maximum absolute atomic E-state index is 12.8. The molecule has 33 heavy (non-hydrogen) atoms. The Kier molecular flexibility index (Phi) is 6.12. The summed E-state index contributed by atoms with van der Waals surface area (Å²) in [5.74, 6) is -0.977. The lowest BCUT2D eigenvalue weighted by Crippen LogP contribution is -2.16. The van der Waals surface area contributed by atoms with E-state index in [1.54, 1.807) is 6.07 Å². The van der Waals surface area contributed by atoms with Crippen molar-refractivity contribution >= 4 is 17.4 Å². The highest BCUT2D eigenvalue weighted by atomic mass is 16.7. The van der Waals surface area contributed by atoms with Gasteiger partial charge in [0, 0.05) is 29.6 Å². The van der Waals surface area contributed by atoms with Crippen molar-refractivity contribution < 1.29 is 28.7 Å². The number of hydrogen-bond acceptors (Lipinski definition) is 7. The number of hydrogen-bond donors (Lipinski definition) is 0. The quantitative estimate of drug-likeness (QED) is 0.221. The smallest absolute Gasteiger partial charge is 0.345 e. The zero-order valence-corrected chi connectivity index (χ0v) is 18.2. The first kappa shape index (κ1) is 22.1. The molecule has 0 unspecified atom stereocenters. The molecule has 0 saturated heterocycles. The predicted molar refractivity (Wildman–Crippen MR) is 118 cm³/mol. The predicted octanol–water partition coefficient (Wildman–Crippen LogP) is 4.02. The van der Waals surface area contributed by atoms with E-state index in [1.165, 1.54) is 11.6 Å². The molecular formula is C24H22N2O7. The maximum atomic E-state index is 12.8. The highest BCUT2D eigenvalue weighted by Gasteiger charge is 2.29.